The number of rotatable bonds is 6. The van der Waals surface area contributed by atoms with Gasteiger partial charge in [-0.3, -0.25) is 9.69 Å². The molecule has 0 bridgehead atoms. The molecule has 0 aromatic carbocycles. The standard InChI is InChI=1S/C11H18N2O4/c14-10(2-3-11(15)16)12-4-1-5-13-6-8-17-9-7-13/h2-3H,1,4-9H2,(H,12,14)(H,15,16). The molecule has 0 aromatic rings. The number of carbonyl (C=O) groups is 2. The molecule has 2 N–H and O–H groups in total. The van der Waals surface area contributed by atoms with E-state index < -0.39 is 5.97 Å². The molecule has 96 valence electrons. The molecule has 1 rings (SSSR count). The van der Waals surface area contributed by atoms with Crippen LogP contribution in [-0.4, -0.2) is 61.3 Å². The van der Waals surface area contributed by atoms with Crippen molar-refractivity contribution < 1.29 is 19.4 Å². The van der Waals surface area contributed by atoms with Gasteiger partial charge < -0.3 is 15.2 Å². The van der Waals surface area contributed by atoms with E-state index in [2.05, 4.69) is 10.2 Å². The zero-order valence-electron chi connectivity index (χ0n) is 9.72. The van der Waals surface area contributed by atoms with Crippen LogP contribution < -0.4 is 5.32 Å². The van der Waals surface area contributed by atoms with E-state index in [1.807, 2.05) is 0 Å². The van der Waals surface area contributed by atoms with Gasteiger partial charge in [-0.2, -0.15) is 0 Å². The molecule has 1 saturated heterocycles. The summed E-state index contributed by atoms with van der Waals surface area (Å²) in [6.45, 7) is 4.90. The minimum atomic E-state index is -1.12. The lowest BCUT2D eigenvalue weighted by molar-refractivity contribution is -0.131. The average molecular weight is 242 g/mol. The van der Waals surface area contributed by atoms with Crippen molar-refractivity contribution in [2.75, 3.05) is 39.4 Å². The second-order valence-electron chi connectivity index (χ2n) is 3.77. The van der Waals surface area contributed by atoms with E-state index in [1.54, 1.807) is 0 Å². The number of carbonyl (C=O) groups excluding carboxylic acids is 1. The van der Waals surface area contributed by atoms with Crippen molar-refractivity contribution in [2.24, 2.45) is 0 Å². The third kappa shape index (κ3) is 6.70. The second-order valence-corrected chi connectivity index (χ2v) is 3.77. The fourth-order valence-corrected chi connectivity index (χ4v) is 1.54. The van der Waals surface area contributed by atoms with Crippen molar-refractivity contribution in [3.8, 4) is 0 Å². The van der Waals surface area contributed by atoms with Crippen molar-refractivity contribution in [3.63, 3.8) is 0 Å². The highest BCUT2D eigenvalue weighted by atomic mass is 16.5. The Morgan fingerprint density at radius 3 is 2.65 bits per heavy atom. The van der Waals surface area contributed by atoms with Gasteiger partial charge in [-0.05, 0) is 13.0 Å². The summed E-state index contributed by atoms with van der Waals surface area (Å²) in [5.74, 6) is -1.48. The first-order valence-corrected chi connectivity index (χ1v) is 5.67. The van der Waals surface area contributed by atoms with Crippen LogP contribution in [0.3, 0.4) is 0 Å². The van der Waals surface area contributed by atoms with Gasteiger partial charge in [-0.1, -0.05) is 0 Å². The summed E-state index contributed by atoms with van der Waals surface area (Å²) in [6.07, 6.45) is 2.71. The molecule has 0 spiro atoms. The molecule has 0 unspecified atom stereocenters. The number of hydrogen-bond acceptors (Lipinski definition) is 4. The normalized spacial score (nSPS) is 17.2. The molecule has 6 heteroatoms. The molecule has 0 atom stereocenters. The van der Waals surface area contributed by atoms with E-state index in [1.165, 1.54) is 0 Å². The molecule has 1 amide bonds. The predicted octanol–water partition coefficient (Wildman–Crippen LogP) is -0.534. The smallest absolute Gasteiger partial charge is 0.328 e. The number of nitrogens with zero attached hydrogens (tertiary/aromatic N) is 1. The lowest BCUT2D eigenvalue weighted by atomic mass is 10.3. The van der Waals surface area contributed by atoms with Crippen molar-refractivity contribution in [1.82, 2.24) is 10.2 Å². The number of aliphatic carboxylic acids is 1. The second kappa shape index (κ2) is 7.81. The molecule has 1 fully saturated rings. The van der Waals surface area contributed by atoms with Crippen molar-refractivity contribution in [3.05, 3.63) is 12.2 Å². The fraction of sp³-hybridized carbons (Fsp3) is 0.636. The number of carboxylic acids is 1. The fourth-order valence-electron chi connectivity index (χ4n) is 1.54. The van der Waals surface area contributed by atoms with Crippen LogP contribution >= 0.6 is 0 Å². The summed E-state index contributed by atoms with van der Waals surface area (Å²) in [5, 5.41) is 10.9. The molecular weight excluding hydrogens is 224 g/mol. The van der Waals surface area contributed by atoms with E-state index in [9.17, 15) is 9.59 Å². The minimum Gasteiger partial charge on any atom is -0.478 e. The summed E-state index contributed by atoms with van der Waals surface area (Å²) >= 11 is 0. The van der Waals surface area contributed by atoms with Crippen LogP contribution in [0.4, 0.5) is 0 Å². The summed E-state index contributed by atoms with van der Waals surface area (Å²) < 4.78 is 5.22. The topological polar surface area (TPSA) is 78.9 Å². The Morgan fingerprint density at radius 2 is 2.00 bits per heavy atom. The molecule has 17 heavy (non-hydrogen) atoms. The van der Waals surface area contributed by atoms with Gasteiger partial charge in [0.15, 0.2) is 0 Å². The van der Waals surface area contributed by atoms with Gasteiger partial charge in [0.05, 0.1) is 13.2 Å². The summed E-state index contributed by atoms with van der Waals surface area (Å²) in [4.78, 5) is 23.5. The Balaban J connectivity index is 2.03. The van der Waals surface area contributed by atoms with E-state index in [-0.39, 0.29) is 5.91 Å². The molecule has 0 radical (unpaired) electrons. The van der Waals surface area contributed by atoms with E-state index in [4.69, 9.17) is 9.84 Å². The average Bonchev–Trinajstić information content (AvgIpc) is 2.33. The van der Waals surface area contributed by atoms with Crippen LogP contribution in [0.2, 0.25) is 0 Å². The third-order valence-electron chi connectivity index (χ3n) is 2.43. The molecule has 1 heterocycles. The quantitative estimate of drug-likeness (QED) is 0.483. The molecule has 6 nitrogen and oxygen atoms in total. The number of hydrogen-bond donors (Lipinski definition) is 2. The highest BCUT2D eigenvalue weighted by Crippen LogP contribution is 1.97. The van der Waals surface area contributed by atoms with Crippen LogP contribution in [0.1, 0.15) is 6.42 Å². The maximum Gasteiger partial charge on any atom is 0.328 e. The Labute approximate surface area is 100 Å². The molecule has 0 aromatic heterocycles. The van der Waals surface area contributed by atoms with Gasteiger partial charge in [0.25, 0.3) is 0 Å². The molecular formula is C11H18N2O4. The highest BCUT2D eigenvalue weighted by molar-refractivity contribution is 5.93. The SMILES string of the molecule is O=C(O)C=CC(=O)NCCCN1CCOCC1. The van der Waals surface area contributed by atoms with Crippen molar-refractivity contribution >= 4 is 11.9 Å². The zero-order valence-corrected chi connectivity index (χ0v) is 9.72. The number of carboxylic acid groups (broad SMARTS) is 1. The third-order valence-corrected chi connectivity index (χ3v) is 2.43. The predicted molar refractivity (Wildman–Crippen MR) is 61.7 cm³/mol. The molecule has 0 aliphatic carbocycles. The van der Waals surface area contributed by atoms with Crippen LogP contribution in [0.15, 0.2) is 12.2 Å². The summed E-state index contributed by atoms with van der Waals surface area (Å²) in [7, 11) is 0. The van der Waals surface area contributed by atoms with Gasteiger partial charge in [0, 0.05) is 31.8 Å². The molecule has 1 aliphatic heterocycles. The maximum atomic E-state index is 11.1. The minimum absolute atomic E-state index is 0.366. The zero-order chi connectivity index (χ0) is 12.5. The van der Waals surface area contributed by atoms with Crippen LogP contribution in [-0.2, 0) is 14.3 Å². The molecule has 0 saturated carbocycles. The number of nitrogens with one attached hydrogen (secondary N) is 1. The Hall–Kier alpha value is -1.40. The Kier molecular flexibility index (Phi) is 6.27. The Morgan fingerprint density at radius 1 is 1.29 bits per heavy atom. The number of morpholine rings is 1. The Bertz CT molecular complexity index is 285. The van der Waals surface area contributed by atoms with Crippen LogP contribution in [0, 0.1) is 0 Å². The first kappa shape index (κ1) is 13.7. The van der Waals surface area contributed by atoms with Crippen molar-refractivity contribution in [2.45, 2.75) is 6.42 Å². The summed E-state index contributed by atoms with van der Waals surface area (Å²) in [6, 6.07) is 0. The van der Waals surface area contributed by atoms with Gasteiger partial charge in [-0.25, -0.2) is 4.79 Å². The number of ether oxygens (including phenoxy) is 1. The van der Waals surface area contributed by atoms with Gasteiger partial charge >= 0.3 is 5.97 Å². The van der Waals surface area contributed by atoms with Gasteiger partial charge in [-0.15, -0.1) is 0 Å². The maximum absolute atomic E-state index is 11.1. The van der Waals surface area contributed by atoms with E-state index in [0.717, 1.165) is 51.4 Å². The first-order valence-electron chi connectivity index (χ1n) is 5.67. The lowest BCUT2D eigenvalue weighted by Crippen LogP contribution is -2.38. The monoisotopic (exact) mass is 242 g/mol. The van der Waals surface area contributed by atoms with E-state index in [0.29, 0.717) is 6.54 Å². The lowest BCUT2D eigenvalue weighted by Gasteiger charge is -2.26. The number of amides is 1. The highest BCUT2D eigenvalue weighted by Gasteiger charge is 2.09. The van der Waals surface area contributed by atoms with Gasteiger partial charge in [0.1, 0.15) is 0 Å². The molecule has 1 aliphatic rings. The first-order chi connectivity index (χ1) is 8.18. The van der Waals surface area contributed by atoms with Gasteiger partial charge in [0.2, 0.25) is 5.91 Å². The largest absolute Gasteiger partial charge is 0.478 e. The van der Waals surface area contributed by atoms with Crippen LogP contribution in [0.5, 0.6) is 0 Å². The van der Waals surface area contributed by atoms with E-state index >= 15 is 0 Å². The van der Waals surface area contributed by atoms with Crippen LogP contribution in [0.25, 0.3) is 0 Å². The van der Waals surface area contributed by atoms with Crippen molar-refractivity contribution in [1.29, 1.82) is 0 Å². The summed E-state index contributed by atoms with van der Waals surface area (Å²) in [5.41, 5.74) is 0.